The van der Waals surface area contributed by atoms with E-state index in [-0.39, 0.29) is 0 Å². The van der Waals surface area contributed by atoms with Crippen LogP contribution in [-0.4, -0.2) is 4.57 Å². The molecule has 0 bridgehead atoms. The molecule has 290 valence electrons. The third-order valence-electron chi connectivity index (χ3n) is 12.6. The quantitative estimate of drug-likeness (QED) is 0.167. The minimum atomic E-state index is 0.892. The average Bonchev–Trinajstić information content (AvgIpc) is 4.02. The maximum absolute atomic E-state index is 6.62. The van der Waals surface area contributed by atoms with E-state index in [0.717, 1.165) is 66.8 Å². The first-order chi connectivity index (χ1) is 30.7. The van der Waals surface area contributed by atoms with E-state index in [1.807, 2.05) is 11.3 Å². The maximum Gasteiger partial charge on any atom is 0.143 e. The Morgan fingerprint density at radius 1 is 0.387 bits per heavy atom. The van der Waals surface area contributed by atoms with Crippen molar-refractivity contribution in [3.63, 3.8) is 0 Å². The monoisotopic (exact) mass is 808 g/mol. The van der Waals surface area contributed by atoms with E-state index in [1.165, 1.54) is 52.9 Å². The Kier molecular flexibility index (Phi) is 7.78. The summed E-state index contributed by atoms with van der Waals surface area (Å²) in [6.45, 7) is 0. The second kappa shape index (κ2) is 13.8. The second-order valence-corrected chi connectivity index (χ2v) is 17.1. The smallest absolute Gasteiger partial charge is 0.143 e. The molecule has 0 aliphatic heterocycles. The van der Waals surface area contributed by atoms with Gasteiger partial charge >= 0.3 is 0 Å². The minimum Gasteiger partial charge on any atom is -0.455 e. The van der Waals surface area contributed by atoms with Crippen LogP contribution in [0.2, 0.25) is 0 Å². The van der Waals surface area contributed by atoms with Crippen LogP contribution in [0, 0.1) is 0 Å². The molecular formula is C58H36N2OS. The van der Waals surface area contributed by atoms with Crippen LogP contribution in [0.3, 0.4) is 0 Å². The summed E-state index contributed by atoms with van der Waals surface area (Å²) in [4.78, 5) is 2.40. The zero-order valence-corrected chi connectivity index (χ0v) is 34.3. The van der Waals surface area contributed by atoms with Crippen molar-refractivity contribution in [3.05, 3.63) is 218 Å². The predicted octanol–water partition coefficient (Wildman–Crippen LogP) is 17.0. The molecule has 0 unspecified atom stereocenters. The highest BCUT2D eigenvalue weighted by atomic mass is 32.1. The van der Waals surface area contributed by atoms with Crippen molar-refractivity contribution in [2.24, 2.45) is 0 Å². The molecule has 0 aliphatic carbocycles. The van der Waals surface area contributed by atoms with Crippen molar-refractivity contribution >= 4 is 103 Å². The molecule has 13 aromatic rings. The molecule has 0 saturated carbocycles. The van der Waals surface area contributed by atoms with Gasteiger partial charge in [0.1, 0.15) is 11.2 Å². The van der Waals surface area contributed by atoms with Crippen LogP contribution in [0.25, 0.3) is 103 Å². The summed E-state index contributed by atoms with van der Waals surface area (Å²) in [6.07, 6.45) is 0. The van der Waals surface area contributed by atoms with Gasteiger partial charge in [0, 0.05) is 69.7 Å². The number of hydrogen-bond acceptors (Lipinski definition) is 3. The lowest BCUT2D eigenvalue weighted by Gasteiger charge is -2.26. The third kappa shape index (κ3) is 5.37. The Balaban J connectivity index is 0.969. The number of nitrogens with zero attached hydrogens (tertiary/aromatic N) is 2. The predicted molar refractivity (Wildman–Crippen MR) is 264 cm³/mol. The van der Waals surface area contributed by atoms with Gasteiger partial charge in [-0.3, -0.25) is 0 Å². The lowest BCUT2D eigenvalue weighted by molar-refractivity contribution is 0.673. The van der Waals surface area contributed by atoms with E-state index in [0.29, 0.717) is 0 Å². The van der Waals surface area contributed by atoms with E-state index in [2.05, 4.69) is 228 Å². The van der Waals surface area contributed by atoms with Crippen LogP contribution < -0.4 is 4.90 Å². The van der Waals surface area contributed by atoms with Crippen LogP contribution in [0.4, 0.5) is 17.1 Å². The minimum absolute atomic E-state index is 0.892. The molecule has 3 nitrogen and oxygen atoms in total. The van der Waals surface area contributed by atoms with Gasteiger partial charge in [-0.2, -0.15) is 0 Å². The molecule has 0 saturated heterocycles. The normalized spacial score (nSPS) is 11.9. The first-order valence-electron chi connectivity index (χ1n) is 21.1. The van der Waals surface area contributed by atoms with Crippen LogP contribution in [0.1, 0.15) is 0 Å². The average molecular weight is 809 g/mol. The molecule has 13 rings (SSSR count). The molecule has 3 heterocycles. The summed E-state index contributed by atoms with van der Waals surface area (Å²) < 4.78 is 11.6. The molecule has 0 amide bonds. The number of rotatable bonds is 6. The number of thiophene rings is 1. The Labute approximate surface area is 361 Å². The van der Waals surface area contributed by atoms with Gasteiger partial charge in [-0.1, -0.05) is 146 Å². The summed E-state index contributed by atoms with van der Waals surface area (Å²) in [5, 5.41) is 9.66. The lowest BCUT2D eigenvalue weighted by Crippen LogP contribution is -2.10. The van der Waals surface area contributed by atoms with Crippen LogP contribution in [-0.2, 0) is 0 Å². The van der Waals surface area contributed by atoms with Gasteiger partial charge in [0.15, 0.2) is 0 Å². The van der Waals surface area contributed by atoms with Gasteiger partial charge in [-0.15, -0.1) is 11.3 Å². The number of fused-ring (bicyclic) bond motifs is 11. The summed E-state index contributed by atoms with van der Waals surface area (Å²) in [6, 6.07) is 79.2. The molecule has 0 radical (unpaired) electrons. The van der Waals surface area contributed by atoms with Gasteiger partial charge in [0.05, 0.1) is 16.7 Å². The molecule has 4 heteroatoms. The van der Waals surface area contributed by atoms with E-state index in [4.69, 9.17) is 4.42 Å². The molecule has 3 aromatic heterocycles. The molecule has 0 atom stereocenters. The van der Waals surface area contributed by atoms with Crippen LogP contribution in [0.5, 0.6) is 0 Å². The van der Waals surface area contributed by atoms with E-state index in [9.17, 15) is 0 Å². The molecule has 0 aliphatic rings. The molecule has 62 heavy (non-hydrogen) atoms. The molecule has 0 N–H and O–H groups in total. The molecule has 10 aromatic carbocycles. The highest BCUT2D eigenvalue weighted by Crippen LogP contribution is 2.45. The number of anilines is 3. The van der Waals surface area contributed by atoms with Gasteiger partial charge < -0.3 is 13.9 Å². The summed E-state index contributed by atoms with van der Waals surface area (Å²) in [7, 11) is 0. The highest BCUT2D eigenvalue weighted by molar-refractivity contribution is 7.25. The Morgan fingerprint density at radius 3 is 1.85 bits per heavy atom. The van der Waals surface area contributed by atoms with Crippen LogP contribution in [0.15, 0.2) is 223 Å². The molecule has 0 spiro atoms. The summed E-state index contributed by atoms with van der Waals surface area (Å²) in [5.41, 5.74) is 13.3. The van der Waals surface area contributed by atoms with Crippen molar-refractivity contribution in [1.29, 1.82) is 0 Å². The van der Waals surface area contributed by atoms with Gasteiger partial charge in [-0.25, -0.2) is 0 Å². The van der Waals surface area contributed by atoms with Crippen molar-refractivity contribution in [1.82, 2.24) is 4.57 Å². The SMILES string of the molecule is c1cc(-c2cccc3oc4c5ccccc5ccc4c23)cc(N(c2ccc(-c3ccccc3-n3c4ccccc4c4ccccc43)cc2)c2ccc3c(c2)sc2ccccc23)c1. The summed E-state index contributed by atoms with van der Waals surface area (Å²) in [5.74, 6) is 0. The van der Waals surface area contributed by atoms with E-state index < -0.39 is 0 Å². The van der Waals surface area contributed by atoms with Gasteiger partial charge in [0.25, 0.3) is 0 Å². The molecule has 0 fully saturated rings. The third-order valence-corrected chi connectivity index (χ3v) is 13.7. The number of benzene rings is 10. The van der Waals surface area contributed by atoms with Crippen molar-refractivity contribution < 1.29 is 4.42 Å². The number of furan rings is 1. The van der Waals surface area contributed by atoms with Gasteiger partial charge in [-0.05, 0) is 94.9 Å². The second-order valence-electron chi connectivity index (χ2n) is 16.0. The highest BCUT2D eigenvalue weighted by Gasteiger charge is 2.20. The number of aromatic nitrogens is 1. The van der Waals surface area contributed by atoms with Crippen molar-refractivity contribution in [2.75, 3.05) is 4.90 Å². The van der Waals surface area contributed by atoms with Crippen molar-refractivity contribution in [2.45, 2.75) is 0 Å². The maximum atomic E-state index is 6.62. The topological polar surface area (TPSA) is 21.3 Å². The van der Waals surface area contributed by atoms with Crippen molar-refractivity contribution in [3.8, 4) is 27.9 Å². The zero-order valence-electron chi connectivity index (χ0n) is 33.5. The lowest BCUT2D eigenvalue weighted by atomic mass is 9.97. The van der Waals surface area contributed by atoms with E-state index >= 15 is 0 Å². The summed E-state index contributed by atoms with van der Waals surface area (Å²) >= 11 is 1.85. The number of hydrogen-bond donors (Lipinski definition) is 0. The first kappa shape index (κ1) is 34.9. The van der Waals surface area contributed by atoms with Gasteiger partial charge in [0.2, 0.25) is 0 Å². The standard InChI is InChI=1S/C58H36N2OS/c1-2-17-45-37(13-1)29-33-50-57-44(21-12-25-54(57)61-58(45)50)39-14-11-15-41(35-39)59(42-32-34-49-48-20-6-10-26-55(48)62-56(49)36-42)40-30-27-38(28-31-40)43-16-3-7-22-51(43)60-52-23-8-4-18-46(52)47-19-5-9-24-53(47)60/h1-36H. The fraction of sp³-hybridized carbons (Fsp3) is 0. The Morgan fingerprint density at radius 2 is 1.02 bits per heavy atom. The van der Waals surface area contributed by atoms with E-state index in [1.54, 1.807) is 0 Å². The zero-order chi connectivity index (χ0) is 40.7. The Hall–Kier alpha value is -7.92. The fourth-order valence-electron chi connectivity index (χ4n) is 9.79. The fourth-order valence-corrected chi connectivity index (χ4v) is 10.9. The number of para-hydroxylation sites is 3. The largest absolute Gasteiger partial charge is 0.455 e. The first-order valence-corrected chi connectivity index (χ1v) is 21.9. The molecular weight excluding hydrogens is 773 g/mol. The Bertz CT molecular complexity index is 3830. The van der Waals surface area contributed by atoms with Crippen LogP contribution >= 0.6 is 11.3 Å².